The second-order valence-corrected chi connectivity index (χ2v) is 10.4. The Morgan fingerprint density at radius 2 is 1.92 bits per heavy atom. The van der Waals surface area contributed by atoms with E-state index in [2.05, 4.69) is 4.99 Å². The van der Waals surface area contributed by atoms with Gasteiger partial charge in [-0.3, -0.25) is 14.6 Å². The largest absolute Gasteiger partial charge is 0.507 e. The molecule has 1 unspecified atom stereocenters. The summed E-state index contributed by atoms with van der Waals surface area (Å²) in [5.74, 6) is 1.38. The van der Waals surface area contributed by atoms with Gasteiger partial charge in [-0.1, -0.05) is 24.3 Å². The lowest BCUT2D eigenvalue weighted by molar-refractivity contribution is -0.118. The van der Waals surface area contributed by atoms with Crippen molar-refractivity contribution in [2.24, 2.45) is 4.99 Å². The number of aliphatic imine (C=N–C) groups is 1. The van der Waals surface area contributed by atoms with Crippen LogP contribution >= 0.6 is 0 Å². The third kappa shape index (κ3) is 4.68. The number of aromatic hydroxyl groups is 1. The Bertz CT molecular complexity index is 1470. The summed E-state index contributed by atoms with van der Waals surface area (Å²) in [6.45, 7) is 1.87. The van der Waals surface area contributed by atoms with Gasteiger partial charge in [-0.25, -0.2) is 0 Å². The molecule has 8 heteroatoms. The predicted molar refractivity (Wildman–Crippen MR) is 151 cm³/mol. The van der Waals surface area contributed by atoms with Crippen LogP contribution in [0.3, 0.4) is 0 Å². The van der Waals surface area contributed by atoms with Crippen LogP contribution in [-0.4, -0.2) is 60.9 Å². The molecule has 0 aliphatic carbocycles. The highest BCUT2D eigenvalue weighted by atomic mass is 16.5. The molecular weight excluding hydrogens is 494 g/mol. The number of carbonyl (C=O) groups is 2. The van der Waals surface area contributed by atoms with Crippen LogP contribution in [0.2, 0.25) is 0 Å². The van der Waals surface area contributed by atoms with Crippen molar-refractivity contribution in [3.05, 3.63) is 53.6 Å². The molecule has 1 fully saturated rings. The van der Waals surface area contributed by atoms with Crippen molar-refractivity contribution < 1.29 is 24.2 Å². The molecule has 3 aliphatic rings. The first kappa shape index (κ1) is 25.2. The van der Waals surface area contributed by atoms with Gasteiger partial charge in [-0.15, -0.1) is 0 Å². The van der Waals surface area contributed by atoms with Gasteiger partial charge in [0.2, 0.25) is 5.91 Å². The number of unbranched alkanes of at least 4 members (excludes halogenated alkanes) is 2. The van der Waals surface area contributed by atoms with Crippen molar-refractivity contribution in [2.45, 2.75) is 51.0 Å². The lowest BCUT2D eigenvalue weighted by Crippen LogP contribution is -2.35. The first-order valence-electron chi connectivity index (χ1n) is 13.8. The molecule has 0 bridgehead atoms. The van der Waals surface area contributed by atoms with Crippen LogP contribution in [-0.2, 0) is 11.2 Å². The SMILES string of the molecule is COc1cc2c(cc1OCCCCCC(=O)N1CCc3c1cc(O)c1ccccc31)N=CC1CCCN1C2=O. The molecule has 1 N–H and O–H groups in total. The third-order valence-corrected chi connectivity index (χ3v) is 8.04. The maximum atomic E-state index is 13.0. The zero-order valence-electron chi connectivity index (χ0n) is 22.2. The van der Waals surface area contributed by atoms with Gasteiger partial charge in [0.05, 0.1) is 36.7 Å². The number of phenols is 1. The maximum absolute atomic E-state index is 13.0. The Hall–Kier alpha value is -4.07. The number of carbonyl (C=O) groups excluding carboxylic acids is 2. The Morgan fingerprint density at radius 3 is 2.77 bits per heavy atom. The Morgan fingerprint density at radius 1 is 1.08 bits per heavy atom. The van der Waals surface area contributed by atoms with Gasteiger partial charge < -0.3 is 24.4 Å². The van der Waals surface area contributed by atoms with Crippen molar-refractivity contribution in [1.82, 2.24) is 4.90 Å². The summed E-state index contributed by atoms with van der Waals surface area (Å²) >= 11 is 0. The fourth-order valence-electron chi connectivity index (χ4n) is 6.00. The number of phenolic OH excluding ortho intramolecular Hbond substituents is 1. The van der Waals surface area contributed by atoms with E-state index >= 15 is 0 Å². The van der Waals surface area contributed by atoms with Gasteiger partial charge in [-0.2, -0.15) is 0 Å². The molecule has 0 saturated carbocycles. The van der Waals surface area contributed by atoms with E-state index in [1.54, 1.807) is 25.3 Å². The molecule has 0 radical (unpaired) electrons. The Balaban J connectivity index is 1.03. The molecular formula is C31H33N3O5. The molecule has 3 aromatic carbocycles. The zero-order valence-corrected chi connectivity index (χ0v) is 22.2. The van der Waals surface area contributed by atoms with Gasteiger partial charge in [0.25, 0.3) is 5.91 Å². The topological polar surface area (TPSA) is 91.7 Å². The molecule has 6 rings (SSSR count). The van der Waals surface area contributed by atoms with E-state index in [1.807, 2.05) is 40.3 Å². The number of nitrogens with zero attached hydrogens (tertiary/aromatic N) is 3. The molecule has 2 amide bonds. The minimum Gasteiger partial charge on any atom is -0.507 e. The first-order valence-corrected chi connectivity index (χ1v) is 13.8. The number of rotatable bonds is 8. The number of benzene rings is 3. The quantitative estimate of drug-likeness (QED) is 0.396. The maximum Gasteiger partial charge on any atom is 0.256 e. The summed E-state index contributed by atoms with van der Waals surface area (Å²) in [5.41, 5.74) is 3.12. The summed E-state index contributed by atoms with van der Waals surface area (Å²) in [6.07, 6.45) is 7.43. The third-order valence-electron chi connectivity index (χ3n) is 8.04. The van der Waals surface area contributed by atoms with E-state index in [9.17, 15) is 14.7 Å². The number of methoxy groups -OCH3 is 1. The van der Waals surface area contributed by atoms with Crippen LogP contribution in [0.1, 0.15) is 54.4 Å². The Kier molecular flexibility index (Phi) is 6.85. The average molecular weight is 528 g/mol. The zero-order chi connectivity index (χ0) is 26.9. The monoisotopic (exact) mass is 527 g/mol. The summed E-state index contributed by atoms with van der Waals surface area (Å²) in [5, 5.41) is 12.3. The fourth-order valence-corrected chi connectivity index (χ4v) is 6.00. The molecule has 0 spiro atoms. The summed E-state index contributed by atoms with van der Waals surface area (Å²) < 4.78 is 11.6. The molecule has 1 atom stereocenters. The van der Waals surface area contributed by atoms with Gasteiger partial charge in [0.1, 0.15) is 5.75 Å². The van der Waals surface area contributed by atoms with Crippen molar-refractivity contribution in [2.75, 3.05) is 31.7 Å². The number of amides is 2. The first-order chi connectivity index (χ1) is 19.0. The summed E-state index contributed by atoms with van der Waals surface area (Å²) in [4.78, 5) is 34.3. The van der Waals surface area contributed by atoms with E-state index in [0.717, 1.165) is 67.1 Å². The lowest BCUT2D eigenvalue weighted by Gasteiger charge is -2.20. The molecule has 3 heterocycles. The van der Waals surface area contributed by atoms with Crippen molar-refractivity contribution >= 4 is 40.2 Å². The molecule has 8 nitrogen and oxygen atoms in total. The van der Waals surface area contributed by atoms with Crippen molar-refractivity contribution in [3.8, 4) is 17.2 Å². The molecule has 3 aromatic rings. The van der Waals surface area contributed by atoms with Crippen LogP contribution < -0.4 is 14.4 Å². The number of anilines is 1. The normalized spacial score (nSPS) is 17.7. The fraction of sp³-hybridized carbons (Fsp3) is 0.387. The summed E-state index contributed by atoms with van der Waals surface area (Å²) in [6, 6.07) is 13.1. The molecule has 202 valence electrons. The van der Waals surface area contributed by atoms with Gasteiger partial charge >= 0.3 is 0 Å². The van der Waals surface area contributed by atoms with Crippen molar-refractivity contribution in [1.29, 1.82) is 0 Å². The van der Waals surface area contributed by atoms with Gasteiger partial charge in [-0.05, 0) is 55.5 Å². The van der Waals surface area contributed by atoms with Gasteiger partial charge in [0.15, 0.2) is 11.5 Å². The van der Waals surface area contributed by atoms with Crippen LogP contribution in [0.4, 0.5) is 11.4 Å². The smallest absolute Gasteiger partial charge is 0.256 e. The van der Waals surface area contributed by atoms with Crippen LogP contribution in [0.5, 0.6) is 17.2 Å². The minimum absolute atomic E-state index is 0.0106. The molecule has 39 heavy (non-hydrogen) atoms. The Labute approximate surface area is 227 Å². The highest BCUT2D eigenvalue weighted by Gasteiger charge is 2.32. The second kappa shape index (κ2) is 10.6. The average Bonchev–Trinajstić information content (AvgIpc) is 3.58. The van der Waals surface area contributed by atoms with E-state index < -0.39 is 0 Å². The number of hydrogen-bond acceptors (Lipinski definition) is 6. The minimum atomic E-state index is -0.0106. The van der Waals surface area contributed by atoms with E-state index in [4.69, 9.17) is 9.47 Å². The van der Waals surface area contributed by atoms with Crippen LogP contribution in [0.15, 0.2) is 47.5 Å². The van der Waals surface area contributed by atoms with E-state index in [0.29, 0.717) is 42.3 Å². The number of ether oxygens (including phenoxy) is 2. The standard InChI is InChI=1S/C31H33N3O5/c1-38-28-16-24-25(32-19-20-8-7-13-33(20)31(24)37)17-29(28)39-15-6-2-3-11-30(36)34-14-12-22-21-9-4-5-10-23(21)27(35)18-26(22)34/h4-5,9-10,16-20,35H,2-3,6-8,11-15H2,1H3. The highest BCUT2D eigenvalue weighted by Crippen LogP contribution is 2.40. The number of hydrogen-bond donors (Lipinski definition) is 1. The predicted octanol–water partition coefficient (Wildman–Crippen LogP) is 5.40. The number of fused-ring (bicyclic) bond motifs is 5. The van der Waals surface area contributed by atoms with Gasteiger partial charge in [0, 0.05) is 43.2 Å². The summed E-state index contributed by atoms with van der Waals surface area (Å²) in [7, 11) is 1.57. The van der Waals surface area contributed by atoms with Crippen LogP contribution in [0, 0.1) is 0 Å². The highest BCUT2D eigenvalue weighted by molar-refractivity contribution is 6.04. The molecule has 3 aliphatic heterocycles. The molecule has 1 saturated heterocycles. The van der Waals surface area contributed by atoms with E-state index in [-0.39, 0.29) is 23.6 Å². The van der Waals surface area contributed by atoms with Crippen molar-refractivity contribution in [3.63, 3.8) is 0 Å². The van der Waals surface area contributed by atoms with Crippen LogP contribution in [0.25, 0.3) is 10.8 Å². The second-order valence-electron chi connectivity index (χ2n) is 10.4. The van der Waals surface area contributed by atoms with E-state index in [1.165, 1.54) is 0 Å². The molecule has 0 aromatic heterocycles. The lowest BCUT2D eigenvalue weighted by atomic mass is 10.0.